The Morgan fingerprint density at radius 2 is 1.92 bits per heavy atom. The largest absolute Gasteiger partial charge is 0.457 e. The Hall–Kier alpha value is -3.55. The molecule has 0 saturated heterocycles. The molecule has 0 atom stereocenters. The first-order valence-electron chi connectivity index (χ1n) is 6.99. The topological polar surface area (TPSA) is 100 Å². The number of ether oxygens (including phenoxy) is 1. The molecule has 0 aliphatic rings. The molecule has 1 heterocycles. The van der Waals surface area contributed by atoms with Crippen molar-refractivity contribution in [2.75, 3.05) is 0 Å². The highest BCUT2D eigenvalue weighted by Crippen LogP contribution is 2.19. The molecule has 2 aromatic carbocycles. The fraction of sp³-hybridized carbons (Fsp3) is 0.0625. The predicted molar refractivity (Wildman–Crippen MR) is 83.6 cm³/mol. The number of aromatic nitrogens is 3. The molecule has 0 unspecified atom stereocenters. The van der Waals surface area contributed by atoms with Crippen LogP contribution in [-0.4, -0.2) is 25.7 Å². The Morgan fingerprint density at radius 3 is 2.58 bits per heavy atom. The van der Waals surface area contributed by atoms with Gasteiger partial charge >= 0.3 is 5.97 Å². The third kappa shape index (κ3) is 3.27. The van der Waals surface area contributed by atoms with Gasteiger partial charge in [0.1, 0.15) is 19.3 Å². The van der Waals surface area contributed by atoms with E-state index in [1.807, 2.05) is 0 Å². The van der Waals surface area contributed by atoms with E-state index in [1.54, 1.807) is 53.5 Å². The van der Waals surface area contributed by atoms with Crippen LogP contribution in [0.2, 0.25) is 0 Å². The van der Waals surface area contributed by atoms with Crippen molar-refractivity contribution in [3.8, 4) is 5.69 Å². The number of para-hydroxylation sites is 1. The molecule has 0 fully saturated rings. The first-order valence-corrected chi connectivity index (χ1v) is 6.99. The fourth-order valence-corrected chi connectivity index (χ4v) is 2.13. The Morgan fingerprint density at radius 1 is 1.17 bits per heavy atom. The summed E-state index contributed by atoms with van der Waals surface area (Å²) < 4.78 is 6.72. The highest BCUT2D eigenvalue weighted by molar-refractivity contribution is 5.89. The third-order valence-corrected chi connectivity index (χ3v) is 3.33. The lowest BCUT2D eigenvalue weighted by atomic mass is 10.2. The normalized spacial score (nSPS) is 10.3. The zero-order valence-corrected chi connectivity index (χ0v) is 12.4. The number of nitro benzene ring substituents is 1. The van der Waals surface area contributed by atoms with Crippen LogP contribution in [0.5, 0.6) is 0 Å². The second-order valence-corrected chi connectivity index (χ2v) is 4.85. The first kappa shape index (κ1) is 15.3. The zero-order chi connectivity index (χ0) is 16.9. The molecule has 0 radical (unpaired) electrons. The van der Waals surface area contributed by atoms with Gasteiger partial charge in [-0.2, -0.15) is 5.10 Å². The molecule has 1 aromatic heterocycles. The van der Waals surface area contributed by atoms with E-state index in [0.29, 0.717) is 11.1 Å². The molecule has 0 aliphatic heterocycles. The molecular formula is C16H12N4O4. The minimum Gasteiger partial charge on any atom is -0.457 e. The summed E-state index contributed by atoms with van der Waals surface area (Å²) in [5.74, 6) is -0.557. The Bertz CT molecular complexity index is 860. The van der Waals surface area contributed by atoms with Crippen LogP contribution >= 0.6 is 0 Å². The van der Waals surface area contributed by atoms with E-state index in [1.165, 1.54) is 12.4 Å². The molecule has 24 heavy (non-hydrogen) atoms. The van der Waals surface area contributed by atoms with Gasteiger partial charge in [0.05, 0.1) is 21.7 Å². The number of nitro groups is 1. The van der Waals surface area contributed by atoms with Gasteiger partial charge in [0.15, 0.2) is 0 Å². The average Bonchev–Trinajstić information content (AvgIpc) is 3.14. The van der Waals surface area contributed by atoms with Crippen LogP contribution in [0.1, 0.15) is 15.9 Å². The Kier molecular flexibility index (Phi) is 4.28. The lowest BCUT2D eigenvalue weighted by Gasteiger charge is -2.06. The lowest BCUT2D eigenvalue weighted by Crippen LogP contribution is -2.07. The second-order valence-electron chi connectivity index (χ2n) is 4.85. The molecule has 3 aromatic rings. The van der Waals surface area contributed by atoms with E-state index in [0.717, 1.165) is 5.69 Å². The summed E-state index contributed by atoms with van der Waals surface area (Å²) in [6.07, 6.45) is 2.96. The van der Waals surface area contributed by atoms with Crippen LogP contribution in [0.3, 0.4) is 0 Å². The summed E-state index contributed by atoms with van der Waals surface area (Å²) in [6.45, 7) is -0.166. The molecule has 0 N–H and O–H groups in total. The van der Waals surface area contributed by atoms with Crippen molar-refractivity contribution in [3.63, 3.8) is 0 Å². The average molecular weight is 324 g/mol. The first-order chi connectivity index (χ1) is 11.6. The maximum absolute atomic E-state index is 12.1. The second kappa shape index (κ2) is 6.69. The van der Waals surface area contributed by atoms with Gasteiger partial charge in [0, 0.05) is 6.07 Å². The van der Waals surface area contributed by atoms with Crippen LogP contribution in [0.4, 0.5) is 5.69 Å². The molecule has 0 amide bonds. The summed E-state index contributed by atoms with van der Waals surface area (Å²) in [5, 5.41) is 14.9. The number of benzene rings is 2. The number of carbonyl (C=O) groups excluding carboxylic acids is 1. The van der Waals surface area contributed by atoms with Gasteiger partial charge in [-0.3, -0.25) is 10.1 Å². The van der Waals surface area contributed by atoms with Crippen molar-refractivity contribution >= 4 is 11.7 Å². The molecule has 8 nitrogen and oxygen atoms in total. The van der Waals surface area contributed by atoms with Crippen molar-refractivity contribution in [1.29, 1.82) is 0 Å². The summed E-state index contributed by atoms with van der Waals surface area (Å²) in [4.78, 5) is 26.4. The van der Waals surface area contributed by atoms with Gasteiger partial charge in [-0.05, 0) is 30.3 Å². The standard InChI is InChI=1S/C16H12N4O4/c21-16(24-9-13-3-1-2-4-15(13)20(22)23)12-5-7-14(8-6-12)19-11-17-10-18-19/h1-8,10-11H,9H2. The van der Waals surface area contributed by atoms with Gasteiger partial charge in [-0.25, -0.2) is 14.5 Å². The number of esters is 1. The third-order valence-electron chi connectivity index (χ3n) is 3.33. The van der Waals surface area contributed by atoms with Crippen molar-refractivity contribution < 1.29 is 14.5 Å². The van der Waals surface area contributed by atoms with Crippen molar-refractivity contribution in [2.24, 2.45) is 0 Å². The van der Waals surface area contributed by atoms with E-state index < -0.39 is 10.9 Å². The number of hydrogen-bond acceptors (Lipinski definition) is 6. The van der Waals surface area contributed by atoms with E-state index in [-0.39, 0.29) is 12.3 Å². The molecule has 0 bridgehead atoms. The summed E-state index contributed by atoms with van der Waals surface area (Å²) >= 11 is 0. The van der Waals surface area contributed by atoms with E-state index in [4.69, 9.17) is 4.74 Å². The maximum atomic E-state index is 12.1. The Balaban J connectivity index is 1.68. The molecule has 0 aliphatic carbocycles. The van der Waals surface area contributed by atoms with Crippen LogP contribution in [0.25, 0.3) is 5.69 Å². The Labute approximate surface area is 136 Å². The zero-order valence-electron chi connectivity index (χ0n) is 12.4. The van der Waals surface area contributed by atoms with Gasteiger partial charge in [0.25, 0.3) is 5.69 Å². The summed E-state index contributed by atoms with van der Waals surface area (Å²) in [7, 11) is 0. The monoisotopic (exact) mass is 324 g/mol. The smallest absolute Gasteiger partial charge is 0.338 e. The van der Waals surface area contributed by atoms with Gasteiger partial charge in [0.2, 0.25) is 0 Å². The summed E-state index contributed by atoms with van der Waals surface area (Å²) in [6, 6.07) is 12.7. The highest BCUT2D eigenvalue weighted by Gasteiger charge is 2.15. The predicted octanol–water partition coefficient (Wildman–Crippen LogP) is 2.53. The molecular weight excluding hydrogens is 312 g/mol. The van der Waals surface area contributed by atoms with Crippen LogP contribution in [-0.2, 0) is 11.3 Å². The van der Waals surface area contributed by atoms with Crippen LogP contribution < -0.4 is 0 Å². The number of hydrogen-bond donors (Lipinski definition) is 0. The van der Waals surface area contributed by atoms with E-state index in [2.05, 4.69) is 10.1 Å². The molecule has 0 saturated carbocycles. The summed E-state index contributed by atoms with van der Waals surface area (Å²) in [5.41, 5.74) is 1.36. The van der Waals surface area contributed by atoms with Gasteiger partial charge in [-0.15, -0.1) is 0 Å². The lowest BCUT2D eigenvalue weighted by molar-refractivity contribution is -0.385. The van der Waals surface area contributed by atoms with Crippen molar-refractivity contribution in [1.82, 2.24) is 14.8 Å². The SMILES string of the molecule is O=C(OCc1ccccc1[N+](=O)[O-])c1ccc(-n2cncn2)cc1. The number of carbonyl (C=O) groups is 1. The molecule has 0 spiro atoms. The molecule has 3 rings (SSSR count). The minimum atomic E-state index is -0.557. The fourth-order valence-electron chi connectivity index (χ4n) is 2.13. The van der Waals surface area contributed by atoms with Crippen molar-refractivity contribution in [2.45, 2.75) is 6.61 Å². The van der Waals surface area contributed by atoms with Gasteiger partial charge in [-0.1, -0.05) is 12.1 Å². The van der Waals surface area contributed by atoms with Crippen molar-refractivity contribution in [3.05, 3.63) is 82.4 Å². The van der Waals surface area contributed by atoms with Crippen LogP contribution in [0, 0.1) is 10.1 Å². The van der Waals surface area contributed by atoms with E-state index in [9.17, 15) is 14.9 Å². The highest BCUT2D eigenvalue weighted by atomic mass is 16.6. The number of nitrogens with zero attached hydrogens (tertiary/aromatic N) is 4. The maximum Gasteiger partial charge on any atom is 0.338 e. The molecule has 8 heteroatoms. The molecule has 120 valence electrons. The van der Waals surface area contributed by atoms with E-state index >= 15 is 0 Å². The number of rotatable bonds is 5. The minimum absolute atomic E-state index is 0.0770. The van der Waals surface area contributed by atoms with Gasteiger partial charge < -0.3 is 4.74 Å². The van der Waals surface area contributed by atoms with Crippen LogP contribution in [0.15, 0.2) is 61.2 Å². The quantitative estimate of drug-likeness (QED) is 0.406.